The number of nitrogens with zero attached hydrogens (tertiary/aromatic N) is 1. The summed E-state index contributed by atoms with van der Waals surface area (Å²) < 4.78 is 13.8. The Morgan fingerprint density at radius 2 is 1.15 bits per heavy atom. The quantitative estimate of drug-likeness (QED) is 0.283. The van der Waals surface area contributed by atoms with Crippen LogP contribution in [0, 0.1) is 0 Å². The van der Waals surface area contributed by atoms with Crippen LogP contribution in [0.15, 0.2) is 54.6 Å². The van der Waals surface area contributed by atoms with Crippen LogP contribution in [0.2, 0.25) is 5.02 Å². The van der Waals surface area contributed by atoms with E-state index < -0.39 is 12.2 Å². The van der Waals surface area contributed by atoms with E-state index in [4.69, 9.17) is 21.1 Å². The van der Waals surface area contributed by atoms with Crippen molar-refractivity contribution in [2.75, 3.05) is 0 Å². The van der Waals surface area contributed by atoms with Crippen molar-refractivity contribution in [3.63, 3.8) is 0 Å². The number of ether oxygens (including phenoxy) is 2. The van der Waals surface area contributed by atoms with E-state index in [1.165, 1.54) is 12.8 Å². The Kier molecular flexibility index (Phi) is 9.88. The van der Waals surface area contributed by atoms with Gasteiger partial charge in [-0.3, -0.25) is 0 Å². The molecule has 0 spiro atoms. The molecule has 0 radical (unpaired) electrons. The minimum Gasteiger partial charge on any atom is -0.445 e. The summed E-state index contributed by atoms with van der Waals surface area (Å²) in [6.45, 7) is 0.0905. The number of amides is 2. The van der Waals surface area contributed by atoms with Crippen LogP contribution in [-0.4, -0.2) is 28.8 Å². The average molecular weight is 578 g/mol. The van der Waals surface area contributed by atoms with Gasteiger partial charge in [0, 0.05) is 35.3 Å². The molecular formula is C33H40ClN3O4. The Hall–Kier alpha value is -3.45. The van der Waals surface area contributed by atoms with Crippen molar-refractivity contribution in [2.45, 2.75) is 89.5 Å². The third-order valence-corrected chi connectivity index (χ3v) is 8.57. The normalized spacial score (nSPS) is 16.2. The number of hydrogen-bond acceptors (Lipinski definition) is 4. The van der Waals surface area contributed by atoms with E-state index in [1.807, 2.05) is 61.6 Å². The molecule has 0 unspecified atom stereocenters. The summed E-state index contributed by atoms with van der Waals surface area (Å²) in [5.41, 5.74) is 5.32. The van der Waals surface area contributed by atoms with Crippen LogP contribution in [0.3, 0.4) is 0 Å². The molecule has 1 aromatic heterocycles. The summed E-state index contributed by atoms with van der Waals surface area (Å²) in [6, 6.07) is 17.9. The van der Waals surface area contributed by atoms with Gasteiger partial charge in [-0.05, 0) is 48.9 Å². The highest BCUT2D eigenvalue weighted by molar-refractivity contribution is 6.30. The molecule has 0 aliphatic heterocycles. The predicted octanol–water partition coefficient (Wildman–Crippen LogP) is 8.13. The van der Waals surface area contributed by atoms with E-state index in [2.05, 4.69) is 15.2 Å². The first-order chi connectivity index (χ1) is 20.0. The van der Waals surface area contributed by atoms with Crippen LogP contribution < -0.4 is 10.6 Å². The van der Waals surface area contributed by atoms with Crippen LogP contribution in [0.5, 0.6) is 0 Å². The van der Waals surface area contributed by atoms with Gasteiger partial charge in [0.05, 0.1) is 11.4 Å². The van der Waals surface area contributed by atoms with Gasteiger partial charge in [0.15, 0.2) is 0 Å². The average Bonchev–Trinajstić information content (AvgIpc) is 3.27. The summed E-state index contributed by atoms with van der Waals surface area (Å²) >= 11 is 6.22. The SMILES string of the molecule is Cn1c(-c2ccccc2)c(COC(=O)NC2CCCCC2)c(COC(=O)NC2CCCCC2)c1-c1ccc(Cl)cc1. The highest BCUT2D eigenvalue weighted by Gasteiger charge is 2.26. The van der Waals surface area contributed by atoms with E-state index in [0.29, 0.717) is 5.02 Å². The van der Waals surface area contributed by atoms with Crippen molar-refractivity contribution in [3.8, 4) is 22.5 Å². The first kappa shape index (κ1) is 29.1. The van der Waals surface area contributed by atoms with Crippen LogP contribution in [0.1, 0.15) is 75.3 Å². The molecule has 0 bridgehead atoms. The molecule has 218 valence electrons. The number of nitrogens with one attached hydrogen (secondary N) is 2. The lowest BCUT2D eigenvalue weighted by Gasteiger charge is -2.23. The summed E-state index contributed by atoms with van der Waals surface area (Å²) in [6.07, 6.45) is 9.97. The summed E-state index contributed by atoms with van der Waals surface area (Å²) in [7, 11) is 1.99. The van der Waals surface area contributed by atoms with Gasteiger partial charge >= 0.3 is 12.2 Å². The molecule has 1 heterocycles. The molecule has 2 aliphatic rings. The van der Waals surface area contributed by atoms with Gasteiger partial charge in [-0.1, -0.05) is 92.6 Å². The fourth-order valence-corrected chi connectivity index (χ4v) is 6.36. The molecule has 2 aliphatic carbocycles. The second-order valence-corrected chi connectivity index (χ2v) is 11.6. The zero-order valence-electron chi connectivity index (χ0n) is 23.8. The van der Waals surface area contributed by atoms with Gasteiger partial charge in [0.25, 0.3) is 0 Å². The number of halogens is 1. The van der Waals surface area contributed by atoms with E-state index in [9.17, 15) is 9.59 Å². The molecule has 2 aromatic carbocycles. The van der Waals surface area contributed by atoms with Gasteiger partial charge in [0.2, 0.25) is 0 Å². The topological polar surface area (TPSA) is 81.6 Å². The number of carbonyl (C=O) groups is 2. The summed E-state index contributed by atoms with van der Waals surface area (Å²) in [5, 5.41) is 6.73. The lowest BCUT2D eigenvalue weighted by molar-refractivity contribution is 0.126. The molecule has 2 amide bonds. The lowest BCUT2D eigenvalue weighted by Crippen LogP contribution is -2.36. The van der Waals surface area contributed by atoms with Crippen molar-refractivity contribution < 1.29 is 19.1 Å². The summed E-state index contributed by atoms with van der Waals surface area (Å²) in [4.78, 5) is 25.8. The van der Waals surface area contributed by atoms with Gasteiger partial charge < -0.3 is 24.7 Å². The van der Waals surface area contributed by atoms with Crippen LogP contribution in [-0.2, 0) is 29.7 Å². The fraction of sp³-hybridized carbons (Fsp3) is 0.455. The number of aromatic nitrogens is 1. The highest BCUT2D eigenvalue weighted by Crippen LogP contribution is 2.38. The maximum atomic E-state index is 12.9. The number of hydrogen-bond donors (Lipinski definition) is 2. The Morgan fingerprint density at radius 3 is 1.61 bits per heavy atom. The third-order valence-electron chi connectivity index (χ3n) is 8.32. The van der Waals surface area contributed by atoms with Gasteiger partial charge in [-0.25, -0.2) is 9.59 Å². The van der Waals surface area contributed by atoms with Gasteiger partial charge in [0.1, 0.15) is 13.2 Å². The van der Waals surface area contributed by atoms with E-state index in [1.54, 1.807) is 0 Å². The molecule has 0 atom stereocenters. The second kappa shape index (κ2) is 13.9. The molecule has 2 saturated carbocycles. The number of alkyl carbamates (subject to hydrolysis) is 2. The molecule has 2 fully saturated rings. The van der Waals surface area contributed by atoms with Gasteiger partial charge in [-0.2, -0.15) is 0 Å². The maximum Gasteiger partial charge on any atom is 0.407 e. The van der Waals surface area contributed by atoms with Crippen molar-refractivity contribution in [1.82, 2.24) is 15.2 Å². The van der Waals surface area contributed by atoms with Gasteiger partial charge in [-0.15, -0.1) is 0 Å². The predicted molar refractivity (Wildman–Crippen MR) is 162 cm³/mol. The Bertz CT molecular complexity index is 1310. The Balaban J connectivity index is 1.46. The van der Waals surface area contributed by atoms with E-state index >= 15 is 0 Å². The first-order valence-electron chi connectivity index (χ1n) is 14.9. The number of benzene rings is 2. The first-order valence-corrected chi connectivity index (χ1v) is 15.3. The van der Waals surface area contributed by atoms with Crippen LogP contribution in [0.25, 0.3) is 22.5 Å². The largest absolute Gasteiger partial charge is 0.445 e. The van der Waals surface area contributed by atoms with Crippen molar-refractivity contribution >= 4 is 23.8 Å². The summed E-state index contributed by atoms with van der Waals surface area (Å²) in [5.74, 6) is 0. The lowest BCUT2D eigenvalue weighted by atomic mass is 9.96. The van der Waals surface area contributed by atoms with Crippen LogP contribution >= 0.6 is 11.6 Å². The second-order valence-electron chi connectivity index (χ2n) is 11.2. The molecule has 3 aromatic rings. The zero-order valence-corrected chi connectivity index (χ0v) is 24.6. The van der Waals surface area contributed by atoms with E-state index in [0.717, 1.165) is 85.0 Å². The number of rotatable bonds is 8. The van der Waals surface area contributed by atoms with Crippen LogP contribution in [0.4, 0.5) is 9.59 Å². The third kappa shape index (κ3) is 7.45. The van der Waals surface area contributed by atoms with Crippen molar-refractivity contribution in [1.29, 1.82) is 0 Å². The minimum atomic E-state index is -0.425. The number of carbonyl (C=O) groups excluding carboxylic acids is 2. The van der Waals surface area contributed by atoms with Crippen molar-refractivity contribution in [2.24, 2.45) is 7.05 Å². The minimum absolute atomic E-state index is 0.0418. The van der Waals surface area contributed by atoms with E-state index in [-0.39, 0.29) is 25.3 Å². The standard InChI is InChI=1S/C33H40ClN3O4/c1-37-30(23-11-5-2-6-12-23)28(21-40-32(38)35-26-13-7-3-8-14-26)29(31(37)24-17-19-25(34)20-18-24)22-41-33(39)36-27-15-9-4-10-16-27/h2,5-6,11-12,17-20,26-27H,3-4,7-10,13-16,21-22H2,1H3,(H,35,38)(H,36,39). The molecule has 0 saturated heterocycles. The molecule has 41 heavy (non-hydrogen) atoms. The molecule has 7 nitrogen and oxygen atoms in total. The smallest absolute Gasteiger partial charge is 0.407 e. The molecule has 2 N–H and O–H groups in total. The highest BCUT2D eigenvalue weighted by atomic mass is 35.5. The zero-order chi connectivity index (χ0) is 28.6. The maximum absolute atomic E-state index is 12.9. The van der Waals surface area contributed by atoms with Crippen molar-refractivity contribution in [3.05, 3.63) is 70.7 Å². The fourth-order valence-electron chi connectivity index (χ4n) is 6.24. The molecule has 5 rings (SSSR count). The molecule has 8 heteroatoms. The monoisotopic (exact) mass is 577 g/mol. The molecular weight excluding hydrogens is 538 g/mol. The Labute approximate surface area is 247 Å². The Morgan fingerprint density at radius 1 is 0.707 bits per heavy atom.